The van der Waals surface area contributed by atoms with Crippen LogP contribution in [0.2, 0.25) is 0 Å². The SMILES string of the molecule is C[C@@H]1[C@@H](N=C(Nc2ccc3c(=O)n([C@H](CO)Cc4ccccc4)cnc3c2)N2C[C@@H](C)N[C@@H](C)C2)C[C@@H]2C[C@H]1C2(C)C. The van der Waals surface area contributed by atoms with E-state index in [1.807, 2.05) is 48.5 Å². The molecule has 3 N–H and O–H groups in total. The van der Waals surface area contributed by atoms with Crippen molar-refractivity contribution in [2.45, 2.75) is 78.0 Å². The summed E-state index contributed by atoms with van der Waals surface area (Å²) in [6, 6.07) is 16.3. The summed E-state index contributed by atoms with van der Waals surface area (Å²) in [5.41, 5.74) is 2.86. The van der Waals surface area contributed by atoms with Gasteiger partial charge in [0.2, 0.25) is 0 Å². The number of aliphatic imine (C=N–C) groups is 1. The van der Waals surface area contributed by atoms with Gasteiger partial charge in [0.25, 0.3) is 5.56 Å². The van der Waals surface area contributed by atoms with Crippen LogP contribution in [-0.4, -0.2) is 63.3 Å². The van der Waals surface area contributed by atoms with E-state index in [1.165, 1.54) is 6.42 Å². The van der Waals surface area contributed by atoms with Gasteiger partial charge in [0, 0.05) is 30.9 Å². The second kappa shape index (κ2) is 11.5. The Labute approximate surface area is 249 Å². The van der Waals surface area contributed by atoms with E-state index in [9.17, 15) is 9.90 Å². The number of anilines is 1. The van der Waals surface area contributed by atoms with Gasteiger partial charge in [-0.15, -0.1) is 0 Å². The lowest BCUT2D eigenvalue weighted by Gasteiger charge is -2.61. The van der Waals surface area contributed by atoms with Crippen molar-refractivity contribution in [3.8, 4) is 0 Å². The Hall–Kier alpha value is -3.23. The lowest BCUT2D eigenvalue weighted by molar-refractivity contribution is -0.108. The molecule has 4 fully saturated rings. The number of nitrogens with one attached hydrogen (secondary N) is 2. The zero-order valence-corrected chi connectivity index (χ0v) is 25.6. The number of hydrogen-bond acceptors (Lipinski definition) is 5. The fourth-order valence-corrected chi connectivity index (χ4v) is 7.88. The highest BCUT2D eigenvalue weighted by molar-refractivity contribution is 5.96. The summed E-state index contributed by atoms with van der Waals surface area (Å²) in [6.45, 7) is 13.3. The first-order valence-corrected chi connectivity index (χ1v) is 15.7. The molecule has 1 saturated heterocycles. The first-order valence-electron chi connectivity index (χ1n) is 15.7. The second-order valence-corrected chi connectivity index (χ2v) is 13.7. The van der Waals surface area contributed by atoms with E-state index in [1.54, 1.807) is 10.9 Å². The highest BCUT2D eigenvalue weighted by atomic mass is 16.3. The number of piperazine rings is 1. The molecule has 3 aliphatic carbocycles. The third kappa shape index (κ3) is 5.47. The standard InChI is InChI=1S/C34H46N6O2/c1-21-17-39(18-22(2)36-21)33(38-30-15-25-14-29(23(30)3)34(25,4)5)37-26-11-12-28-31(16-26)35-20-40(32(28)42)27(19-41)13-24-9-7-6-8-10-24/h6-12,16,20-23,25,27,29-30,36,41H,13-15,17-19H2,1-5H3,(H,37,38)/t21-,22+,23-,25-,27-,29+,30-/m0/s1. The van der Waals surface area contributed by atoms with Gasteiger partial charge in [-0.25, -0.2) is 9.98 Å². The summed E-state index contributed by atoms with van der Waals surface area (Å²) in [5.74, 6) is 2.93. The second-order valence-electron chi connectivity index (χ2n) is 13.7. The van der Waals surface area contributed by atoms with Crippen LogP contribution in [-0.2, 0) is 6.42 Å². The molecule has 0 unspecified atom stereocenters. The van der Waals surface area contributed by atoms with Gasteiger partial charge in [-0.1, -0.05) is 51.1 Å². The largest absolute Gasteiger partial charge is 0.394 e. The molecule has 224 valence electrons. The first-order chi connectivity index (χ1) is 20.1. The van der Waals surface area contributed by atoms with Crippen LogP contribution >= 0.6 is 0 Å². The number of fused-ring (bicyclic) bond motifs is 3. The molecule has 7 rings (SSSR count). The molecular formula is C34H46N6O2. The average molecular weight is 571 g/mol. The third-order valence-corrected chi connectivity index (χ3v) is 10.4. The molecule has 2 bridgehead atoms. The first kappa shape index (κ1) is 28.9. The van der Waals surface area contributed by atoms with E-state index < -0.39 is 0 Å². The summed E-state index contributed by atoms with van der Waals surface area (Å²) in [7, 11) is 0. The molecule has 7 atom stereocenters. The molecular weight excluding hydrogens is 524 g/mol. The zero-order valence-electron chi connectivity index (χ0n) is 25.6. The average Bonchev–Trinajstić information content (AvgIpc) is 2.96. The number of rotatable bonds is 6. The van der Waals surface area contributed by atoms with Crippen molar-refractivity contribution in [2.75, 3.05) is 25.0 Å². The Kier molecular flexibility index (Phi) is 7.87. The minimum absolute atomic E-state index is 0.137. The molecule has 2 aromatic carbocycles. The predicted molar refractivity (Wildman–Crippen MR) is 170 cm³/mol. The zero-order chi connectivity index (χ0) is 29.6. The van der Waals surface area contributed by atoms with Crippen LogP contribution in [0.1, 0.15) is 59.1 Å². The molecule has 42 heavy (non-hydrogen) atoms. The summed E-state index contributed by atoms with van der Waals surface area (Å²) in [4.78, 5) is 26.0. The maximum Gasteiger partial charge on any atom is 0.261 e. The van der Waals surface area contributed by atoms with Crippen LogP contribution in [0.25, 0.3) is 10.9 Å². The van der Waals surface area contributed by atoms with E-state index in [0.29, 0.717) is 46.8 Å². The quantitative estimate of drug-likeness (QED) is 0.294. The molecule has 8 heteroatoms. The molecule has 0 radical (unpaired) electrons. The minimum atomic E-state index is -0.376. The van der Waals surface area contributed by atoms with Crippen LogP contribution < -0.4 is 16.2 Å². The Morgan fingerprint density at radius 1 is 1.12 bits per heavy atom. The van der Waals surface area contributed by atoms with Crippen molar-refractivity contribution in [1.82, 2.24) is 19.8 Å². The molecule has 1 aliphatic heterocycles. The van der Waals surface area contributed by atoms with Gasteiger partial charge in [0.05, 0.1) is 35.9 Å². The predicted octanol–water partition coefficient (Wildman–Crippen LogP) is 4.69. The van der Waals surface area contributed by atoms with Crippen molar-refractivity contribution in [3.05, 3.63) is 70.8 Å². The van der Waals surface area contributed by atoms with E-state index in [4.69, 9.17) is 4.99 Å². The number of aliphatic hydroxyl groups excluding tert-OH is 1. The summed E-state index contributed by atoms with van der Waals surface area (Å²) < 4.78 is 1.57. The molecule has 0 spiro atoms. The number of aliphatic hydroxyl groups is 1. The molecule has 1 aromatic heterocycles. The molecule has 3 aromatic rings. The van der Waals surface area contributed by atoms with E-state index >= 15 is 0 Å². The van der Waals surface area contributed by atoms with Crippen LogP contribution in [0.5, 0.6) is 0 Å². The lowest BCUT2D eigenvalue weighted by atomic mass is 9.45. The van der Waals surface area contributed by atoms with Gasteiger partial charge in [-0.3, -0.25) is 9.36 Å². The van der Waals surface area contributed by atoms with Gasteiger partial charge in [-0.2, -0.15) is 0 Å². The van der Waals surface area contributed by atoms with E-state index in [-0.39, 0.29) is 18.2 Å². The number of benzene rings is 2. The van der Waals surface area contributed by atoms with Crippen LogP contribution in [0.15, 0.2) is 64.6 Å². The fraction of sp³-hybridized carbons (Fsp3) is 0.559. The van der Waals surface area contributed by atoms with Crippen molar-refractivity contribution < 1.29 is 5.11 Å². The Morgan fingerprint density at radius 3 is 2.52 bits per heavy atom. The lowest BCUT2D eigenvalue weighted by Crippen LogP contribution is -2.59. The number of nitrogens with zero attached hydrogens (tertiary/aromatic N) is 4. The van der Waals surface area contributed by atoms with Crippen molar-refractivity contribution in [1.29, 1.82) is 0 Å². The maximum atomic E-state index is 13.5. The Morgan fingerprint density at radius 2 is 1.86 bits per heavy atom. The van der Waals surface area contributed by atoms with E-state index in [2.05, 4.69) is 55.1 Å². The van der Waals surface area contributed by atoms with Gasteiger partial charge < -0.3 is 20.6 Å². The molecule has 4 aliphatic rings. The number of aromatic nitrogens is 2. The highest BCUT2D eigenvalue weighted by Crippen LogP contribution is 2.61. The summed E-state index contributed by atoms with van der Waals surface area (Å²) in [5, 5.41) is 18.0. The van der Waals surface area contributed by atoms with Crippen molar-refractivity contribution >= 4 is 22.5 Å². The van der Waals surface area contributed by atoms with Gasteiger partial charge >= 0.3 is 0 Å². The fourth-order valence-electron chi connectivity index (χ4n) is 7.88. The van der Waals surface area contributed by atoms with E-state index in [0.717, 1.165) is 48.6 Å². The summed E-state index contributed by atoms with van der Waals surface area (Å²) in [6.07, 6.45) is 4.61. The molecule has 0 amide bonds. The molecule has 2 heterocycles. The monoisotopic (exact) mass is 570 g/mol. The van der Waals surface area contributed by atoms with Crippen LogP contribution in [0, 0.1) is 23.2 Å². The molecule has 8 nitrogen and oxygen atoms in total. The number of hydrogen-bond donors (Lipinski definition) is 3. The highest BCUT2D eigenvalue weighted by Gasteiger charge is 2.56. The van der Waals surface area contributed by atoms with Gasteiger partial charge in [0.1, 0.15) is 0 Å². The van der Waals surface area contributed by atoms with Crippen molar-refractivity contribution in [2.24, 2.45) is 28.2 Å². The normalized spacial score (nSPS) is 29.7. The van der Waals surface area contributed by atoms with Gasteiger partial charge in [-0.05, 0) is 80.0 Å². The van der Waals surface area contributed by atoms with Gasteiger partial charge in [0.15, 0.2) is 5.96 Å². The molecule has 3 saturated carbocycles. The summed E-state index contributed by atoms with van der Waals surface area (Å²) >= 11 is 0. The Bertz CT molecular complexity index is 1490. The van der Waals surface area contributed by atoms with Crippen LogP contribution in [0.4, 0.5) is 5.69 Å². The third-order valence-electron chi connectivity index (χ3n) is 10.4. The Balaban J connectivity index is 1.28. The van der Waals surface area contributed by atoms with Crippen LogP contribution in [0.3, 0.4) is 0 Å². The maximum absolute atomic E-state index is 13.5. The van der Waals surface area contributed by atoms with Crippen molar-refractivity contribution in [3.63, 3.8) is 0 Å². The minimum Gasteiger partial charge on any atom is -0.394 e. The topological polar surface area (TPSA) is 94.8 Å². The number of guanidine groups is 1. The smallest absolute Gasteiger partial charge is 0.261 e.